The first-order valence-electron chi connectivity index (χ1n) is 5.60. The zero-order chi connectivity index (χ0) is 11.4. The zero-order valence-electron chi connectivity index (χ0n) is 9.64. The number of likely N-dealkylation sites (tertiary alicyclic amines) is 1. The van der Waals surface area contributed by atoms with E-state index < -0.39 is 0 Å². The van der Waals surface area contributed by atoms with Crippen molar-refractivity contribution in [2.75, 3.05) is 26.2 Å². The molecule has 1 aliphatic rings. The van der Waals surface area contributed by atoms with Crippen LogP contribution in [0, 0.1) is 0 Å². The molecule has 5 heteroatoms. The molecule has 0 radical (unpaired) electrons. The fraction of sp³-hybridized carbons (Fsp3) is 0.500. The number of ether oxygens (including phenoxy) is 1. The Morgan fingerprint density at radius 3 is 2.94 bits per heavy atom. The van der Waals surface area contributed by atoms with Crippen molar-refractivity contribution in [3.63, 3.8) is 0 Å². The number of benzene rings is 1. The molecule has 0 aromatic heterocycles. The van der Waals surface area contributed by atoms with E-state index in [2.05, 4.69) is 20.8 Å². The zero-order valence-corrected chi connectivity index (χ0v) is 12.0. The summed E-state index contributed by atoms with van der Waals surface area (Å²) >= 11 is 3.42. The van der Waals surface area contributed by atoms with E-state index in [4.69, 9.17) is 10.5 Å². The second-order valence-corrected chi connectivity index (χ2v) is 5.07. The summed E-state index contributed by atoms with van der Waals surface area (Å²) in [4.78, 5) is 2.35. The smallest absolute Gasteiger partial charge is 0.120 e. The van der Waals surface area contributed by atoms with Gasteiger partial charge in [-0.05, 0) is 31.2 Å². The number of halogens is 2. The first-order valence-corrected chi connectivity index (χ1v) is 6.39. The molecule has 0 bridgehead atoms. The maximum absolute atomic E-state index is 5.84. The molecule has 1 atom stereocenters. The first-order chi connectivity index (χ1) is 7.74. The van der Waals surface area contributed by atoms with Crippen LogP contribution in [0.2, 0.25) is 0 Å². The van der Waals surface area contributed by atoms with E-state index in [1.807, 2.05) is 24.3 Å². The molecule has 1 aliphatic heterocycles. The normalized spacial score (nSPS) is 20.0. The van der Waals surface area contributed by atoms with Gasteiger partial charge in [0.15, 0.2) is 0 Å². The molecule has 0 saturated carbocycles. The Labute approximate surface area is 117 Å². The lowest BCUT2D eigenvalue weighted by Gasteiger charge is -2.15. The highest BCUT2D eigenvalue weighted by atomic mass is 79.9. The molecule has 96 valence electrons. The van der Waals surface area contributed by atoms with E-state index in [1.54, 1.807) is 0 Å². The topological polar surface area (TPSA) is 38.5 Å². The Kier molecular flexibility index (Phi) is 6.27. The van der Waals surface area contributed by atoms with Gasteiger partial charge in [0, 0.05) is 23.6 Å². The van der Waals surface area contributed by atoms with E-state index in [1.165, 1.54) is 0 Å². The van der Waals surface area contributed by atoms with E-state index in [-0.39, 0.29) is 12.4 Å². The minimum absolute atomic E-state index is 0. The fourth-order valence-electron chi connectivity index (χ4n) is 1.92. The van der Waals surface area contributed by atoms with Gasteiger partial charge in [0.25, 0.3) is 0 Å². The predicted octanol–water partition coefficient (Wildman–Crippen LogP) is 2.28. The highest BCUT2D eigenvalue weighted by molar-refractivity contribution is 9.10. The first kappa shape index (κ1) is 14.8. The molecule has 2 N–H and O–H groups in total. The highest BCUT2D eigenvalue weighted by Gasteiger charge is 2.18. The second kappa shape index (κ2) is 7.21. The van der Waals surface area contributed by atoms with E-state index in [9.17, 15) is 0 Å². The van der Waals surface area contributed by atoms with Crippen molar-refractivity contribution in [3.8, 4) is 5.75 Å². The predicted molar refractivity (Wildman–Crippen MR) is 75.9 cm³/mol. The maximum atomic E-state index is 5.84. The number of hydrogen-bond acceptors (Lipinski definition) is 3. The van der Waals surface area contributed by atoms with Gasteiger partial charge in [-0.25, -0.2) is 0 Å². The molecular weight excluding hydrogens is 304 g/mol. The van der Waals surface area contributed by atoms with Crippen LogP contribution < -0.4 is 10.5 Å². The molecule has 1 aromatic carbocycles. The molecule has 17 heavy (non-hydrogen) atoms. The van der Waals surface area contributed by atoms with Crippen LogP contribution >= 0.6 is 28.3 Å². The van der Waals surface area contributed by atoms with Gasteiger partial charge in [0.1, 0.15) is 12.4 Å². The lowest BCUT2D eigenvalue weighted by atomic mass is 10.3. The molecule has 0 amide bonds. The third-order valence-electron chi connectivity index (χ3n) is 2.78. The number of nitrogens with two attached hydrogens (primary N) is 1. The fourth-order valence-corrected chi connectivity index (χ4v) is 2.29. The highest BCUT2D eigenvalue weighted by Crippen LogP contribution is 2.17. The summed E-state index contributed by atoms with van der Waals surface area (Å²) in [6, 6.07) is 8.28. The molecular formula is C12H18BrClN2O. The molecule has 1 aromatic rings. The maximum Gasteiger partial charge on any atom is 0.120 e. The van der Waals surface area contributed by atoms with Crippen molar-refractivity contribution >= 4 is 28.3 Å². The van der Waals surface area contributed by atoms with Gasteiger partial charge >= 0.3 is 0 Å². The number of hydrogen-bond donors (Lipinski definition) is 1. The molecule has 3 nitrogen and oxygen atoms in total. The van der Waals surface area contributed by atoms with Crippen LogP contribution in [-0.4, -0.2) is 37.2 Å². The van der Waals surface area contributed by atoms with Crippen LogP contribution in [0.15, 0.2) is 28.7 Å². The number of nitrogens with zero attached hydrogens (tertiary/aromatic N) is 1. The van der Waals surface area contributed by atoms with Crippen LogP contribution in [0.5, 0.6) is 5.75 Å². The third kappa shape index (κ3) is 4.84. The van der Waals surface area contributed by atoms with Crippen LogP contribution in [0.4, 0.5) is 0 Å². The molecule has 1 saturated heterocycles. The van der Waals surface area contributed by atoms with E-state index in [0.717, 1.165) is 42.9 Å². The minimum atomic E-state index is 0. The van der Waals surface area contributed by atoms with Gasteiger partial charge < -0.3 is 10.5 Å². The summed E-state index contributed by atoms with van der Waals surface area (Å²) in [5, 5.41) is 0. The van der Waals surface area contributed by atoms with Gasteiger partial charge in [-0.1, -0.05) is 22.0 Å². The molecule has 2 rings (SSSR count). The van der Waals surface area contributed by atoms with Crippen LogP contribution in [-0.2, 0) is 0 Å². The number of rotatable bonds is 4. The van der Waals surface area contributed by atoms with E-state index >= 15 is 0 Å². The summed E-state index contributed by atoms with van der Waals surface area (Å²) in [5.74, 6) is 0.915. The van der Waals surface area contributed by atoms with Crippen LogP contribution in [0.1, 0.15) is 6.42 Å². The van der Waals surface area contributed by atoms with Gasteiger partial charge in [-0.15, -0.1) is 12.4 Å². The van der Waals surface area contributed by atoms with Gasteiger partial charge in [-0.3, -0.25) is 4.90 Å². The summed E-state index contributed by atoms with van der Waals surface area (Å²) in [6.07, 6.45) is 1.11. The van der Waals surface area contributed by atoms with Crippen molar-refractivity contribution < 1.29 is 4.74 Å². The van der Waals surface area contributed by atoms with Crippen molar-refractivity contribution in [3.05, 3.63) is 28.7 Å². The SMILES string of the molecule is Cl.N[C@H]1CCN(CCOc2cccc(Br)c2)C1. The Bertz CT molecular complexity index is 351. The molecule has 0 aliphatic carbocycles. The summed E-state index contributed by atoms with van der Waals surface area (Å²) < 4.78 is 6.72. The average molecular weight is 322 g/mol. The largest absolute Gasteiger partial charge is 0.492 e. The lowest BCUT2D eigenvalue weighted by Crippen LogP contribution is -2.29. The van der Waals surface area contributed by atoms with Crippen molar-refractivity contribution in [1.82, 2.24) is 4.90 Å². The van der Waals surface area contributed by atoms with Gasteiger partial charge in [-0.2, -0.15) is 0 Å². The van der Waals surface area contributed by atoms with Gasteiger partial charge in [0.05, 0.1) is 0 Å². The van der Waals surface area contributed by atoms with Crippen LogP contribution in [0.3, 0.4) is 0 Å². The second-order valence-electron chi connectivity index (χ2n) is 4.16. The summed E-state index contributed by atoms with van der Waals surface area (Å²) in [7, 11) is 0. The molecule has 0 spiro atoms. The monoisotopic (exact) mass is 320 g/mol. The Balaban J connectivity index is 0.00000144. The Hall–Kier alpha value is -0.290. The standard InChI is InChI=1S/C12H17BrN2O.ClH/c13-10-2-1-3-12(8-10)16-7-6-15-5-4-11(14)9-15;/h1-3,8,11H,4-7,9,14H2;1H/t11-;/m0./s1. The van der Waals surface area contributed by atoms with Crippen molar-refractivity contribution in [1.29, 1.82) is 0 Å². The Morgan fingerprint density at radius 2 is 2.29 bits per heavy atom. The van der Waals surface area contributed by atoms with Crippen LogP contribution in [0.25, 0.3) is 0 Å². The molecule has 0 unspecified atom stereocenters. The van der Waals surface area contributed by atoms with Crippen molar-refractivity contribution in [2.45, 2.75) is 12.5 Å². The average Bonchev–Trinajstić information content (AvgIpc) is 2.64. The molecule has 1 heterocycles. The summed E-state index contributed by atoms with van der Waals surface area (Å²) in [5.41, 5.74) is 5.84. The molecule has 1 fully saturated rings. The summed E-state index contributed by atoms with van der Waals surface area (Å²) in [6.45, 7) is 3.79. The lowest BCUT2D eigenvalue weighted by molar-refractivity contribution is 0.236. The van der Waals surface area contributed by atoms with E-state index in [0.29, 0.717) is 6.04 Å². The third-order valence-corrected chi connectivity index (χ3v) is 3.27. The van der Waals surface area contributed by atoms with Crippen molar-refractivity contribution in [2.24, 2.45) is 5.73 Å². The minimum Gasteiger partial charge on any atom is -0.492 e. The quantitative estimate of drug-likeness (QED) is 0.924. The Morgan fingerprint density at radius 1 is 1.47 bits per heavy atom. The van der Waals surface area contributed by atoms with Gasteiger partial charge in [0.2, 0.25) is 0 Å².